The molecule has 5 nitrogen and oxygen atoms in total. The fraction of sp³-hybridized carbons (Fsp3) is 0.556. The van der Waals surface area contributed by atoms with Crippen molar-refractivity contribution in [1.82, 2.24) is 14.7 Å². The molecule has 32 heavy (non-hydrogen) atoms. The molecule has 1 atom stereocenters. The number of likely N-dealkylation sites (tertiary alicyclic amines) is 1. The van der Waals surface area contributed by atoms with E-state index >= 15 is 0 Å². The topological polar surface area (TPSA) is 45.0 Å². The van der Waals surface area contributed by atoms with Crippen molar-refractivity contribution in [3.05, 3.63) is 47.5 Å². The molecule has 2 aliphatic rings. The van der Waals surface area contributed by atoms with E-state index in [0.717, 1.165) is 50.8 Å². The number of likely N-dealkylation sites (N-methyl/N-ethyl adjacent to an activating group) is 1. The molecule has 2 N–H and O–H groups in total. The third kappa shape index (κ3) is 6.03. The highest BCUT2D eigenvalue weighted by atomic mass is 16.5. The number of nitrogens with two attached hydrogens (primary N) is 1. The fourth-order valence-corrected chi connectivity index (χ4v) is 5.09. The van der Waals surface area contributed by atoms with Crippen LogP contribution in [0.4, 0.5) is 5.69 Å². The number of nitrogen functional groups attached to an aromatic ring is 1. The van der Waals surface area contributed by atoms with E-state index in [-0.39, 0.29) is 0 Å². The molecule has 0 spiro atoms. The van der Waals surface area contributed by atoms with Crippen molar-refractivity contribution in [2.75, 3.05) is 65.7 Å². The van der Waals surface area contributed by atoms with Crippen LogP contribution in [0.3, 0.4) is 0 Å². The van der Waals surface area contributed by atoms with Gasteiger partial charge in [0.2, 0.25) is 0 Å². The number of aryl methyl sites for hydroxylation is 1. The highest BCUT2D eigenvalue weighted by molar-refractivity contribution is 5.74. The molecule has 2 aliphatic heterocycles. The molecule has 4 rings (SSSR count). The molecule has 0 aliphatic carbocycles. The zero-order chi connectivity index (χ0) is 22.5. The lowest BCUT2D eigenvalue weighted by Crippen LogP contribution is -2.34. The summed E-state index contributed by atoms with van der Waals surface area (Å²) in [5.74, 6) is 1.58. The van der Waals surface area contributed by atoms with E-state index in [4.69, 9.17) is 10.5 Å². The van der Waals surface area contributed by atoms with Crippen LogP contribution in [-0.2, 0) is 6.54 Å². The Labute approximate surface area is 194 Å². The number of nitrogens with zero attached hydrogens (tertiary/aromatic N) is 3. The van der Waals surface area contributed by atoms with Gasteiger partial charge in [0.25, 0.3) is 0 Å². The highest BCUT2D eigenvalue weighted by Gasteiger charge is 2.19. The van der Waals surface area contributed by atoms with E-state index in [1.807, 2.05) is 6.07 Å². The average molecular weight is 437 g/mol. The quantitative estimate of drug-likeness (QED) is 0.691. The second-order valence-electron chi connectivity index (χ2n) is 9.91. The zero-order valence-corrected chi connectivity index (χ0v) is 20.1. The van der Waals surface area contributed by atoms with E-state index in [0.29, 0.717) is 5.92 Å². The summed E-state index contributed by atoms with van der Waals surface area (Å²) in [6.45, 7) is 10.8. The second-order valence-corrected chi connectivity index (χ2v) is 9.91. The van der Waals surface area contributed by atoms with Gasteiger partial charge in [0.15, 0.2) is 0 Å². The molecule has 0 bridgehead atoms. The number of piperidine rings is 1. The lowest BCUT2D eigenvalue weighted by Gasteiger charge is -2.29. The Kier molecular flexibility index (Phi) is 7.71. The van der Waals surface area contributed by atoms with Crippen molar-refractivity contribution in [3.8, 4) is 16.9 Å². The van der Waals surface area contributed by atoms with Crippen molar-refractivity contribution < 1.29 is 4.74 Å². The van der Waals surface area contributed by atoms with E-state index < -0.39 is 0 Å². The molecule has 2 aromatic rings. The SMILES string of the molecule is Cc1ccc(OCC2CCCN(C)C2)cc1-c1cc(N)ccc1CN1CCCN(C)CC1. The monoisotopic (exact) mass is 436 g/mol. The van der Waals surface area contributed by atoms with Gasteiger partial charge in [-0.25, -0.2) is 0 Å². The second kappa shape index (κ2) is 10.7. The maximum Gasteiger partial charge on any atom is 0.119 e. The minimum Gasteiger partial charge on any atom is -0.493 e. The Balaban J connectivity index is 1.53. The standard InChI is InChI=1S/C27H40N4O/c1-21-7-10-25(32-20-22-6-4-11-30(3)18-22)17-26(21)27-16-24(28)9-8-23(27)19-31-13-5-12-29(2)14-15-31/h7-10,16-17,22H,4-6,11-15,18-20,28H2,1-3H3. The van der Waals surface area contributed by atoms with Gasteiger partial charge >= 0.3 is 0 Å². The van der Waals surface area contributed by atoms with Gasteiger partial charge in [0.1, 0.15) is 5.75 Å². The van der Waals surface area contributed by atoms with Gasteiger partial charge in [0.05, 0.1) is 6.61 Å². The Hall–Kier alpha value is -2.08. The van der Waals surface area contributed by atoms with Gasteiger partial charge in [-0.3, -0.25) is 4.90 Å². The molecular formula is C27H40N4O. The molecule has 2 heterocycles. The molecule has 0 saturated carbocycles. The third-order valence-electron chi connectivity index (χ3n) is 7.05. The Morgan fingerprint density at radius 1 is 0.906 bits per heavy atom. The maximum absolute atomic E-state index is 6.29. The number of ether oxygens (including phenoxy) is 1. The van der Waals surface area contributed by atoms with Crippen LogP contribution in [0.5, 0.6) is 5.75 Å². The van der Waals surface area contributed by atoms with E-state index in [1.165, 1.54) is 54.6 Å². The summed E-state index contributed by atoms with van der Waals surface area (Å²) < 4.78 is 6.29. The predicted molar refractivity (Wildman–Crippen MR) is 134 cm³/mol. The van der Waals surface area contributed by atoms with Gasteiger partial charge in [-0.15, -0.1) is 0 Å². The van der Waals surface area contributed by atoms with Crippen molar-refractivity contribution in [1.29, 1.82) is 0 Å². The molecule has 0 radical (unpaired) electrons. The molecular weight excluding hydrogens is 396 g/mol. The van der Waals surface area contributed by atoms with Crippen LogP contribution in [0.15, 0.2) is 36.4 Å². The summed E-state index contributed by atoms with van der Waals surface area (Å²) in [5, 5.41) is 0. The van der Waals surface area contributed by atoms with Gasteiger partial charge in [-0.1, -0.05) is 12.1 Å². The van der Waals surface area contributed by atoms with Crippen LogP contribution in [0, 0.1) is 12.8 Å². The Morgan fingerprint density at radius 2 is 1.75 bits per heavy atom. The highest BCUT2D eigenvalue weighted by Crippen LogP contribution is 2.33. The number of hydrogen-bond acceptors (Lipinski definition) is 5. The molecule has 174 valence electrons. The minimum absolute atomic E-state index is 0.614. The number of anilines is 1. The van der Waals surface area contributed by atoms with E-state index in [9.17, 15) is 0 Å². The molecule has 2 saturated heterocycles. The van der Waals surface area contributed by atoms with Gasteiger partial charge in [-0.2, -0.15) is 0 Å². The smallest absolute Gasteiger partial charge is 0.119 e. The summed E-state index contributed by atoms with van der Waals surface area (Å²) in [6.07, 6.45) is 3.75. The Bertz CT molecular complexity index is 899. The van der Waals surface area contributed by atoms with Gasteiger partial charge in [-0.05, 0) is 106 Å². The first-order chi connectivity index (χ1) is 15.5. The van der Waals surface area contributed by atoms with Crippen LogP contribution >= 0.6 is 0 Å². The summed E-state index contributed by atoms with van der Waals surface area (Å²) in [6, 6.07) is 12.9. The van der Waals surface area contributed by atoms with Crippen molar-refractivity contribution in [3.63, 3.8) is 0 Å². The first kappa shape index (κ1) is 23.1. The van der Waals surface area contributed by atoms with Crippen LogP contribution in [-0.4, -0.2) is 74.7 Å². The first-order valence-corrected chi connectivity index (χ1v) is 12.2. The molecule has 2 fully saturated rings. The van der Waals surface area contributed by atoms with Crippen LogP contribution < -0.4 is 10.5 Å². The largest absolute Gasteiger partial charge is 0.493 e. The molecule has 5 heteroatoms. The Morgan fingerprint density at radius 3 is 2.59 bits per heavy atom. The molecule has 0 aromatic heterocycles. The lowest BCUT2D eigenvalue weighted by molar-refractivity contribution is 0.150. The van der Waals surface area contributed by atoms with Crippen LogP contribution in [0.25, 0.3) is 11.1 Å². The van der Waals surface area contributed by atoms with Gasteiger partial charge < -0.3 is 20.3 Å². The van der Waals surface area contributed by atoms with E-state index in [1.54, 1.807) is 0 Å². The molecule has 2 aromatic carbocycles. The van der Waals surface area contributed by atoms with Crippen molar-refractivity contribution >= 4 is 5.69 Å². The number of hydrogen-bond donors (Lipinski definition) is 1. The summed E-state index contributed by atoms with van der Waals surface area (Å²) >= 11 is 0. The maximum atomic E-state index is 6.29. The van der Waals surface area contributed by atoms with E-state index in [2.05, 4.69) is 66.1 Å². The van der Waals surface area contributed by atoms with Crippen LogP contribution in [0.2, 0.25) is 0 Å². The number of rotatable bonds is 6. The normalized spacial score (nSPS) is 21.4. The average Bonchev–Trinajstić information content (AvgIpc) is 2.98. The summed E-state index contributed by atoms with van der Waals surface area (Å²) in [4.78, 5) is 7.42. The first-order valence-electron chi connectivity index (χ1n) is 12.2. The predicted octanol–water partition coefficient (Wildman–Crippen LogP) is 4.10. The van der Waals surface area contributed by atoms with Gasteiger partial charge in [0, 0.05) is 37.8 Å². The van der Waals surface area contributed by atoms with Crippen molar-refractivity contribution in [2.24, 2.45) is 5.92 Å². The lowest BCUT2D eigenvalue weighted by atomic mass is 9.94. The van der Waals surface area contributed by atoms with Crippen LogP contribution in [0.1, 0.15) is 30.4 Å². The minimum atomic E-state index is 0.614. The summed E-state index contributed by atoms with van der Waals surface area (Å²) in [7, 11) is 4.43. The van der Waals surface area contributed by atoms with Crippen molar-refractivity contribution in [2.45, 2.75) is 32.7 Å². The zero-order valence-electron chi connectivity index (χ0n) is 20.1. The number of benzene rings is 2. The third-order valence-corrected chi connectivity index (χ3v) is 7.05. The fourth-order valence-electron chi connectivity index (χ4n) is 5.09. The molecule has 0 amide bonds. The summed E-state index contributed by atoms with van der Waals surface area (Å²) in [5.41, 5.74) is 12.1. The molecule has 1 unspecified atom stereocenters.